The minimum atomic E-state index is -0.0248. The summed E-state index contributed by atoms with van der Waals surface area (Å²) < 4.78 is 0. The Morgan fingerprint density at radius 1 is 0.564 bits per heavy atom. The molecule has 0 atom stereocenters. The zero-order chi connectivity index (χ0) is 29.7. The van der Waals surface area contributed by atoms with E-state index in [1.54, 1.807) is 68.4 Å². The molecular formula is C28H27Cl6N3O2. The fourth-order valence-corrected chi connectivity index (χ4v) is 4.20. The third-order valence-electron chi connectivity index (χ3n) is 4.41. The number of ketones is 2. The van der Waals surface area contributed by atoms with Crippen molar-refractivity contribution in [1.29, 1.82) is 0 Å². The molecule has 0 saturated carbocycles. The van der Waals surface area contributed by atoms with E-state index in [-0.39, 0.29) is 11.6 Å². The first-order chi connectivity index (χ1) is 18.2. The fourth-order valence-electron chi connectivity index (χ4n) is 2.82. The second-order valence-electron chi connectivity index (χ2n) is 7.95. The van der Waals surface area contributed by atoms with Crippen molar-refractivity contribution in [2.24, 2.45) is 0 Å². The molecule has 0 amide bonds. The molecule has 0 aliphatic carbocycles. The first kappa shape index (κ1) is 34.6. The quantitative estimate of drug-likeness (QED) is 0.183. The van der Waals surface area contributed by atoms with Crippen LogP contribution in [0.1, 0.15) is 27.7 Å². The molecule has 4 N–H and O–H groups in total. The molecule has 3 aromatic rings. The molecular weight excluding hydrogens is 623 g/mol. The number of hydrogen-bond donors (Lipinski definition) is 3. The standard InChI is InChI=1S/2C11H11Cl2NO.C6H5Cl2N/c2*1-7(6-8(2)15)14-11-9(12)4-3-5-10(11)13;7-4-2-1-3-5(8)6(4)9/h2*3-6,14H,1-2H3;1-3H,9H2/b2*7-6-;. The van der Waals surface area contributed by atoms with Crippen LogP contribution >= 0.6 is 69.6 Å². The first-order valence-corrected chi connectivity index (χ1v) is 13.5. The molecule has 0 aliphatic rings. The summed E-state index contributed by atoms with van der Waals surface area (Å²) in [6.07, 6.45) is 2.97. The summed E-state index contributed by atoms with van der Waals surface area (Å²) in [5.74, 6) is -0.0497. The molecule has 3 rings (SSSR count). The van der Waals surface area contributed by atoms with Crippen molar-refractivity contribution in [3.8, 4) is 0 Å². The summed E-state index contributed by atoms with van der Waals surface area (Å²) in [4.78, 5) is 21.7. The average Bonchev–Trinajstić information content (AvgIpc) is 2.82. The summed E-state index contributed by atoms with van der Waals surface area (Å²) in [6.45, 7) is 6.53. The van der Waals surface area contributed by atoms with Crippen LogP contribution in [-0.2, 0) is 9.59 Å². The van der Waals surface area contributed by atoms with Gasteiger partial charge in [-0.05, 0) is 76.2 Å². The highest BCUT2D eigenvalue weighted by Gasteiger charge is 2.06. The number of halogens is 6. The van der Waals surface area contributed by atoms with Gasteiger partial charge in [-0.15, -0.1) is 0 Å². The van der Waals surface area contributed by atoms with Gasteiger partial charge in [-0.2, -0.15) is 0 Å². The normalized spacial score (nSPS) is 10.9. The highest BCUT2D eigenvalue weighted by Crippen LogP contribution is 2.31. The topological polar surface area (TPSA) is 84.2 Å². The number of rotatable bonds is 6. The lowest BCUT2D eigenvalue weighted by Gasteiger charge is -2.09. The molecule has 0 aromatic heterocycles. The van der Waals surface area contributed by atoms with Gasteiger partial charge in [0.1, 0.15) is 0 Å². The van der Waals surface area contributed by atoms with Crippen LogP contribution < -0.4 is 16.4 Å². The van der Waals surface area contributed by atoms with Crippen LogP contribution in [0.15, 0.2) is 78.1 Å². The molecule has 208 valence electrons. The third-order valence-corrected chi connectivity index (χ3v) is 6.33. The van der Waals surface area contributed by atoms with Gasteiger partial charge in [0.15, 0.2) is 11.6 Å². The van der Waals surface area contributed by atoms with Crippen LogP contribution in [0.5, 0.6) is 0 Å². The lowest BCUT2D eigenvalue weighted by Crippen LogP contribution is -1.99. The molecule has 3 aromatic carbocycles. The number of anilines is 3. The van der Waals surface area contributed by atoms with Crippen LogP contribution in [0, 0.1) is 0 Å². The van der Waals surface area contributed by atoms with Gasteiger partial charge in [-0.25, -0.2) is 0 Å². The van der Waals surface area contributed by atoms with E-state index in [1.807, 2.05) is 0 Å². The maximum atomic E-state index is 10.8. The zero-order valence-electron chi connectivity index (χ0n) is 21.5. The molecule has 0 unspecified atom stereocenters. The smallest absolute Gasteiger partial charge is 0.154 e. The van der Waals surface area contributed by atoms with Gasteiger partial charge in [0.25, 0.3) is 0 Å². The Morgan fingerprint density at radius 2 is 0.821 bits per heavy atom. The van der Waals surface area contributed by atoms with E-state index in [4.69, 9.17) is 75.3 Å². The molecule has 0 bridgehead atoms. The average molecular weight is 650 g/mol. The monoisotopic (exact) mass is 647 g/mol. The molecule has 5 nitrogen and oxygen atoms in total. The number of para-hydroxylation sites is 3. The minimum absolute atomic E-state index is 0.0248. The van der Waals surface area contributed by atoms with E-state index in [2.05, 4.69) is 10.6 Å². The number of carbonyl (C=O) groups is 2. The van der Waals surface area contributed by atoms with Crippen molar-refractivity contribution in [2.75, 3.05) is 16.4 Å². The van der Waals surface area contributed by atoms with Gasteiger partial charge >= 0.3 is 0 Å². The second kappa shape index (κ2) is 17.3. The number of hydrogen-bond acceptors (Lipinski definition) is 5. The van der Waals surface area contributed by atoms with E-state index in [0.717, 1.165) is 0 Å². The van der Waals surface area contributed by atoms with E-state index in [0.29, 0.717) is 58.6 Å². The van der Waals surface area contributed by atoms with Gasteiger partial charge in [-0.3, -0.25) is 9.59 Å². The Bertz CT molecular complexity index is 1230. The molecule has 39 heavy (non-hydrogen) atoms. The third kappa shape index (κ3) is 13.0. The minimum Gasteiger partial charge on any atom is -0.396 e. The predicted octanol–water partition coefficient (Wildman–Crippen LogP) is 10.4. The van der Waals surface area contributed by atoms with Crippen LogP contribution in [-0.4, -0.2) is 11.6 Å². The maximum absolute atomic E-state index is 10.8. The number of nitrogens with two attached hydrogens (primary N) is 1. The van der Waals surface area contributed by atoms with Crippen LogP contribution in [0.25, 0.3) is 0 Å². The van der Waals surface area contributed by atoms with Gasteiger partial charge in [0.2, 0.25) is 0 Å². The molecule has 0 spiro atoms. The number of nitrogen functional groups attached to an aromatic ring is 1. The van der Waals surface area contributed by atoms with Gasteiger partial charge in [0.05, 0.1) is 47.2 Å². The van der Waals surface area contributed by atoms with Gasteiger partial charge in [0, 0.05) is 11.4 Å². The number of benzene rings is 3. The van der Waals surface area contributed by atoms with Crippen molar-refractivity contribution in [1.82, 2.24) is 0 Å². The summed E-state index contributed by atoms with van der Waals surface area (Å²) in [7, 11) is 0. The zero-order valence-corrected chi connectivity index (χ0v) is 26.0. The molecule has 11 heteroatoms. The largest absolute Gasteiger partial charge is 0.396 e. The Kier molecular flexibility index (Phi) is 15.4. The fraction of sp³-hybridized carbons (Fsp3) is 0.143. The molecule has 0 fully saturated rings. The van der Waals surface area contributed by atoms with Gasteiger partial charge in [-0.1, -0.05) is 87.8 Å². The number of nitrogens with one attached hydrogen (secondary N) is 2. The van der Waals surface area contributed by atoms with E-state index in [1.165, 1.54) is 26.0 Å². The first-order valence-electron chi connectivity index (χ1n) is 11.2. The van der Waals surface area contributed by atoms with Crippen LogP contribution in [0.4, 0.5) is 17.1 Å². The van der Waals surface area contributed by atoms with Crippen LogP contribution in [0.3, 0.4) is 0 Å². The SMILES string of the molecule is CC(=O)/C=C(/C)Nc1c(Cl)cccc1Cl.CC(=O)/C=C(/C)Nc1c(Cl)cccc1Cl.Nc1c(Cl)cccc1Cl. The molecule has 0 saturated heterocycles. The van der Waals surface area contributed by atoms with Crippen molar-refractivity contribution >= 4 is 98.2 Å². The highest BCUT2D eigenvalue weighted by molar-refractivity contribution is 6.40. The Balaban J connectivity index is 0.000000302. The highest BCUT2D eigenvalue weighted by atomic mass is 35.5. The Morgan fingerprint density at radius 3 is 1.05 bits per heavy atom. The number of carbonyl (C=O) groups excluding carboxylic acids is 2. The number of allylic oxidation sites excluding steroid dienone is 4. The molecule has 0 aliphatic heterocycles. The van der Waals surface area contributed by atoms with E-state index in [9.17, 15) is 9.59 Å². The Hall–Kier alpha value is -2.38. The van der Waals surface area contributed by atoms with Crippen molar-refractivity contribution in [3.63, 3.8) is 0 Å². The van der Waals surface area contributed by atoms with Gasteiger partial charge < -0.3 is 16.4 Å². The summed E-state index contributed by atoms with van der Waals surface area (Å²) in [5.41, 5.74) is 8.52. The second-order valence-corrected chi connectivity index (χ2v) is 10.4. The van der Waals surface area contributed by atoms with Crippen molar-refractivity contribution in [3.05, 3.63) is 108 Å². The lowest BCUT2D eigenvalue weighted by atomic mass is 10.3. The summed E-state index contributed by atoms with van der Waals surface area (Å²) >= 11 is 35.0. The van der Waals surface area contributed by atoms with Crippen LogP contribution in [0.2, 0.25) is 30.1 Å². The predicted molar refractivity (Wildman–Crippen MR) is 170 cm³/mol. The summed E-state index contributed by atoms with van der Waals surface area (Å²) in [5, 5.41) is 9.08. The van der Waals surface area contributed by atoms with Crippen molar-refractivity contribution in [2.45, 2.75) is 27.7 Å². The lowest BCUT2D eigenvalue weighted by molar-refractivity contribution is -0.113. The van der Waals surface area contributed by atoms with E-state index >= 15 is 0 Å². The Labute approximate surface area is 258 Å². The molecule has 0 heterocycles. The maximum Gasteiger partial charge on any atom is 0.154 e. The summed E-state index contributed by atoms with van der Waals surface area (Å²) in [6, 6.07) is 15.6. The van der Waals surface area contributed by atoms with Crippen molar-refractivity contribution < 1.29 is 9.59 Å². The van der Waals surface area contributed by atoms with E-state index < -0.39 is 0 Å². The molecule has 0 radical (unpaired) electrons.